The van der Waals surface area contributed by atoms with Crippen LogP contribution in [0.15, 0.2) is 60.7 Å². The van der Waals surface area contributed by atoms with Gasteiger partial charge in [-0.05, 0) is 138 Å². The fourth-order valence-corrected chi connectivity index (χ4v) is 10.7. The minimum atomic E-state index is -1.09. The van der Waals surface area contributed by atoms with Crippen LogP contribution in [-0.4, -0.2) is 133 Å². The SMILES string of the molecule is CC(C)C[C@@H]1NC(=O)[C@H](CCCCN)NC(=O)[C@H](C(C)C)NC(=O)[C@@H]2CC[C@@H](O2)[C@@H](Cc2ccccc2)NC(=O)[C@H](CC(C)C)NC(=O)[C@H](CCCCN)NC(=O)[C@H](C(C)C)NC(=O)[C@@H]2CC[C@@H](O2)[C@@H](Cc2ccccc2)NC1=O. The first-order valence-corrected chi connectivity index (χ1v) is 29.4. The molecule has 12 N–H and O–H groups in total. The van der Waals surface area contributed by atoms with E-state index in [2.05, 4.69) is 42.5 Å². The molecule has 5 rings (SSSR count). The predicted molar refractivity (Wildman–Crippen MR) is 306 cm³/mol. The highest BCUT2D eigenvalue weighted by Crippen LogP contribution is 2.27. The molecule has 0 radical (unpaired) electrons. The van der Waals surface area contributed by atoms with Gasteiger partial charge < -0.3 is 63.5 Å². The van der Waals surface area contributed by atoms with Gasteiger partial charge in [0.1, 0.15) is 48.5 Å². The first kappa shape index (κ1) is 64.9. The number of hydrogen-bond acceptors (Lipinski definition) is 12. The van der Waals surface area contributed by atoms with Crippen LogP contribution in [0, 0.1) is 23.7 Å². The third kappa shape index (κ3) is 20.2. The van der Waals surface area contributed by atoms with Crippen molar-refractivity contribution in [1.82, 2.24) is 42.5 Å². The molecule has 3 aliphatic rings. The van der Waals surface area contributed by atoms with Crippen molar-refractivity contribution in [3.8, 4) is 0 Å². The predicted octanol–water partition coefficient (Wildman–Crippen LogP) is 3.12. The highest BCUT2D eigenvalue weighted by molar-refractivity contribution is 5.96. The van der Waals surface area contributed by atoms with Crippen LogP contribution in [0.25, 0.3) is 0 Å². The number of amides is 8. The summed E-state index contributed by atoms with van der Waals surface area (Å²) in [5.41, 5.74) is 13.5. The van der Waals surface area contributed by atoms with Gasteiger partial charge in [0.2, 0.25) is 47.3 Å². The number of carbonyl (C=O) groups is 8. The van der Waals surface area contributed by atoms with E-state index < -0.39 is 132 Å². The standard InChI is InChI=1S/C60H94N10O10/c1-35(2)31-45-55(73)65-43(33-39-19-11-9-12-20-39)47-25-27-49(79-47)57(75)70-52(38(7)8)60(78)64-42(24-16-18-30-62)54(72)68-46(32-36(3)4)56(74)66-44(34-40-21-13-10-14-22-40)48-26-28-50(80-48)58(76)69-51(37(5)6)59(77)63-41(53(71)67-45)23-15-17-29-61/h9-14,19-22,35-38,41-52H,15-18,23-34,61-62H2,1-8H3,(H,63,77)(H,64,78)(H,65,73)(H,66,74)(H,67,71)(H,68,72)(H,69,76)(H,70,75)/t41-,42-,43+,44+,45-,46-,47+,48+,49-,50-,51-,52-/m0/s1. The molecule has 2 aromatic rings. The fourth-order valence-electron chi connectivity index (χ4n) is 10.7. The van der Waals surface area contributed by atoms with E-state index in [1.165, 1.54) is 0 Å². The minimum absolute atomic E-state index is 0.0473. The van der Waals surface area contributed by atoms with Gasteiger partial charge in [-0.2, -0.15) is 0 Å². The van der Waals surface area contributed by atoms with Gasteiger partial charge in [-0.1, -0.05) is 116 Å². The smallest absolute Gasteiger partial charge is 0.249 e. The second-order valence-corrected chi connectivity index (χ2v) is 23.6. The summed E-state index contributed by atoms with van der Waals surface area (Å²) in [6.07, 6.45) is 1.76. The molecule has 3 fully saturated rings. The zero-order chi connectivity index (χ0) is 58.5. The van der Waals surface area contributed by atoms with Crippen molar-refractivity contribution in [2.45, 2.75) is 218 Å². The molecule has 0 aromatic heterocycles. The maximum Gasteiger partial charge on any atom is 0.249 e. The number of nitrogens with two attached hydrogens (primary N) is 2. The fraction of sp³-hybridized carbons (Fsp3) is 0.667. The van der Waals surface area contributed by atoms with E-state index >= 15 is 0 Å². The van der Waals surface area contributed by atoms with Crippen molar-refractivity contribution in [3.63, 3.8) is 0 Å². The second-order valence-electron chi connectivity index (χ2n) is 23.6. The Bertz CT molecular complexity index is 2160. The van der Waals surface area contributed by atoms with Gasteiger partial charge in [0, 0.05) is 0 Å². The topological polar surface area (TPSA) is 303 Å². The lowest BCUT2D eigenvalue weighted by molar-refractivity contribution is -0.139. The summed E-state index contributed by atoms with van der Waals surface area (Å²) in [4.78, 5) is 115. The highest BCUT2D eigenvalue weighted by atomic mass is 16.5. The number of carbonyl (C=O) groups excluding carboxylic acids is 8. The van der Waals surface area contributed by atoms with Gasteiger partial charge >= 0.3 is 0 Å². The molecule has 444 valence electrons. The maximum absolute atomic E-state index is 14.6. The lowest BCUT2D eigenvalue weighted by Gasteiger charge is -2.31. The average molecular weight is 1120 g/mol. The minimum Gasteiger partial charge on any atom is -0.363 e. The summed E-state index contributed by atoms with van der Waals surface area (Å²) in [6.45, 7) is 15.6. The number of hydrogen-bond donors (Lipinski definition) is 10. The molecule has 0 saturated carbocycles. The van der Waals surface area contributed by atoms with Crippen LogP contribution >= 0.6 is 0 Å². The van der Waals surface area contributed by atoms with Crippen molar-refractivity contribution >= 4 is 47.3 Å². The van der Waals surface area contributed by atoms with Crippen molar-refractivity contribution in [2.24, 2.45) is 35.1 Å². The summed E-state index contributed by atoms with van der Waals surface area (Å²) in [7, 11) is 0. The molecule has 80 heavy (non-hydrogen) atoms. The Labute approximate surface area is 474 Å². The molecule has 20 nitrogen and oxygen atoms in total. The molecular formula is C60H94N10O10. The van der Waals surface area contributed by atoms with Gasteiger partial charge in [-0.25, -0.2) is 0 Å². The largest absolute Gasteiger partial charge is 0.363 e. The number of rotatable bonds is 18. The van der Waals surface area contributed by atoms with E-state index in [1.54, 1.807) is 27.7 Å². The molecule has 3 saturated heterocycles. The Morgan fingerprint density at radius 3 is 1.07 bits per heavy atom. The van der Waals surface area contributed by atoms with Crippen molar-refractivity contribution < 1.29 is 47.8 Å². The van der Waals surface area contributed by atoms with Crippen molar-refractivity contribution in [1.29, 1.82) is 0 Å². The first-order valence-electron chi connectivity index (χ1n) is 29.4. The van der Waals surface area contributed by atoms with E-state index in [1.807, 2.05) is 88.4 Å². The van der Waals surface area contributed by atoms with Crippen molar-refractivity contribution in [3.05, 3.63) is 71.8 Å². The lowest BCUT2D eigenvalue weighted by Crippen LogP contribution is -2.60. The van der Waals surface area contributed by atoms with Crippen LogP contribution in [0.5, 0.6) is 0 Å². The summed E-state index contributed by atoms with van der Waals surface area (Å²) in [6, 6.07) is 11.3. The number of ether oxygens (including phenoxy) is 2. The lowest BCUT2D eigenvalue weighted by atomic mass is 9.97. The van der Waals surface area contributed by atoms with Crippen molar-refractivity contribution in [2.75, 3.05) is 13.1 Å². The molecule has 2 aromatic carbocycles. The molecule has 3 heterocycles. The van der Waals surface area contributed by atoms with Gasteiger partial charge in [0.15, 0.2) is 0 Å². The molecule has 8 amide bonds. The van der Waals surface area contributed by atoms with E-state index in [0.717, 1.165) is 11.1 Å². The quantitative estimate of drug-likeness (QED) is 0.0964. The summed E-state index contributed by atoms with van der Waals surface area (Å²) >= 11 is 0. The average Bonchev–Trinajstić information content (AvgIpc) is 4.13. The summed E-state index contributed by atoms with van der Waals surface area (Å²) in [5.74, 6) is -5.28. The zero-order valence-electron chi connectivity index (χ0n) is 48.6. The first-order chi connectivity index (χ1) is 38.2. The molecule has 0 spiro atoms. The van der Waals surface area contributed by atoms with Gasteiger partial charge in [-0.3, -0.25) is 38.4 Å². The zero-order valence-corrected chi connectivity index (χ0v) is 48.6. The molecule has 3 aliphatic heterocycles. The van der Waals surface area contributed by atoms with Crippen LogP contribution in [0.1, 0.15) is 144 Å². The molecule has 0 unspecified atom stereocenters. The Kier molecular flexibility index (Phi) is 26.3. The Morgan fingerprint density at radius 2 is 0.750 bits per heavy atom. The van der Waals surface area contributed by atoms with E-state index in [-0.39, 0.29) is 50.4 Å². The number of nitrogens with one attached hydrogen (secondary N) is 8. The number of benzene rings is 2. The van der Waals surface area contributed by atoms with E-state index in [4.69, 9.17) is 20.9 Å². The normalized spacial score (nSPS) is 28.4. The number of unbranched alkanes of at least 4 members (excludes halogenated alkanes) is 2. The van der Waals surface area contributed by atoms with Crippen LogP contribution < -0.4 is 54.0 Å². The van der Waals surface area contributed by atoms with Crippen LogP contribution in [0.2, 0.25) is 0 Å². The van der Waals surface area contributed by atoms with Gasteiger partial charge in [0.05, 0.1) is 24.3 Å². The third-order valence-corrected chi connectivity index (χ3v) is 15.2. The van der Waals surface area contributed by atoms with E-state index in [9.17, 15) is 38.4 Å². The Morgan fingerprint density at radius 1 is 0.412 bits per heavy atom. The summed E-state index contributed by atoms with van der Waals surface area (Å²) in [5, 5.41) is 23.8. The maximum atomic E-state index is 14.6. The summed E-state index contributed by atoms with van der Waals surface area (Å²) < 4.78 is 13.0. The van der Waals surface area contributed by atoms with E-state index in [0.29, 0.717) is 64.5 Å². The monoisotopic (exact) mass is 1110 g/mol. The molecule has 20 heteroatoms. The van der Waals surface area contributed by atoms with Crippen LogP contribution in [0.4, 0.5) is 0 Å². The second kappa shape index (κ2) is 32.5. The third-order valence-electron chi connectivity index (χ3n) is 15.2. The van der Waals surface area contributed by atoms with Crippen LogP contribution in [-0.2, 0) is 60.7 Å². The van der Waals surface area contributed by atoms with Crippen LogP contribution in [0.3, 0.4) is 0 Å². The van der Waals surface area contributed by atoms with Gasteiger partial charge in [0.25, 0.3) is 0 Å². The molecular weight excluding hydrogens is 1020 g/mol. The molecule has 0 aliphatic carbocycles. The number of fused-ring (bicyclic) bond motifs is 4. The Balaban J connectivity index is 1.53. The molecule has 12 atom stereocenters. The Hall–Kier alpha value is -5.96. The molecule has 4 bridgehead atoms. The highest BCUT2D eigenvalue weighted by Gasteiger charge is 2.42. The van der Waals surface area contributed by atoms with Gasteiger partial charge in [-0.15, -0.1) is 0 Å².